The number of hydrogen-bond acceptors (Lipinski definition) is 7. The van der Waals surface area contributed by atoms with Crippen molar-refractivity contribution < 1.29 is 38.6 Å². The van der Waals surface area contributed by atoms with E-state index in [1.54, 1.807) is 61.5 Å². The summed E-state index contributed by atoms with van der Waals surface area (Å²) < 4.78 is 10.6. The van der Waals surface area contributed by atoms with E-state index in [2.05, 4.69) is 10.6 Å². The van der Waals surface area contributed by atoms with E-state index in [1.807, 2.05) is 6.07 Å². The van der Waals surface area contributed by atoms with Gasteiger partial charge in [-0.1, -0.05) is 67.6 Å². The molecule has 2 aliphatic heterocycles. The zero-order valence-corrected chi connectivity index (χ0v) is 20.2. The molecule has 2 heterocycles. The van der Waals surface area contributed by atoms with Gasteiger partial charge < -0.3 is 30.1 Å². The van der Waals surface area contributed by atoms with Gasteiger partial charge in [0.2, 0.25) is 11.8 Å². The minimum Gasteiger partial charge on any atom is -0.480 e. The molecule has 4 rings (SSSR count). The van der Waals surface area contributed by atoms with Gasteiger partial charge in [0.05, 0.1) is 6.04 Å². The lowest BCUT2D eigenvalue weighted by molar-refractivity contribution is -0.166. The van der Waals surface area contributed by atoms with Crippen molar-refractivity contribution in [1.29, 1.82) is 0 Å². The third-order valence-electron chi connectivity index (χ3n) is 6.56. The molecule has 3 amide bonds. The summed E-state index contributed by atoms with van der Waals surface area (Å²) in [6.07, 6.45) is -1.76. The van der Waals surface area contributed by atoms with Gasteiger partial charge in [-0.15, -0.1) is 0 Å². The van der Waals surface area contributed by atoms with Crippen molar-refractivity contribution in [3.63, 3.8) is 0 Å². The number of fused-ring (bicyclic) bond motifs is 1. The van der Waals surface area contributed by atoms with Gasteiger partial charge in [-0.2, -0.15) is 0 Å². The number of hydrogen-bond donors (Lipinski definition) is 3. The van der Waals surface area contributed by atoms with E-state index in [0.717, 1.165) is 10.5 Å². The van der Waals surface area contributed by atoms with Crippen molar-refractivity contribution in [3.8, 4) is 0 Å². The molecule has 0 radical (unpaired) electrons. The maximum Gasteiger partial charge on any atom is 0.408 e. The molecule has 5 unspecified atom stereocenters. The van der Waals surface area contributed by atoms with E-state index in [4.69, 9.17) is 9.47 Å². The molecule has 2 saturated heterocycles. The fourth-order valence-corrected chi connectivity index (χ4v) is 4.87. The zero-order valence-electron chi connectivity index (χ0n) is 20.2. The number of esters is 1. The summed E-state index contributed by atoms with van der Waals surface area (Å²) in [7, 11) is 0. The summed E-state index contributed by atoms with van der Waals surface area (Å²) in [6.45, 7) is 2.76. The van der Waals surface area contributed by atoms with Gasteiger partial charge >= 0.3 is 18.0 Å². The monoisotopic (exact) mass is 509 g/mol. The average molecular weight is 510 g/mol. The van der Waals surface area contributed by atoms with Crippen LogP contribution in [-0.4, -0.2) is 64.1 Å². The number of amides is 3. The molecule has 0 aliphatic carbocycles. The van der Waals surface area contributed by atoms with Gasteiger partial charge in [-0.05, 0) is 11.1 Å². The molecule has 37 heavy (non-hydrogen) atoms. The van der Waals surface area contributed by atoms with Crippen molar-refractivity contribution >= 4 is 29.8 Å². The van der Waals surface area contributed by atoms with Crippen LogP contribution in [0, 0.1) is 5.92 Å². The summed E-state index contributed by atoms with van der Waals surface area (Å²) in [4.78, 5) is 63.4. The summed E-state index contributed by atoms with van der Waals surface area (Å²) in [5.41, 5.74) is 1.21. The van der Waals surface area contributed by atoms with Crippen LogP contribution in [0.4, 0.5) is 4.79 Å². The Morgan fingerprint density at radius 3 is 2.24 bits per heavy atom. The second-order valence-electron chi connectivity index (χ2n) is 8.99. The van der Waals surface area contributed by atoms with E-state index in [1.165, 1.54) is 6.92 Å². The molecule has 6 atom stereocenters. The molecule has 2 aliphatic rings. The molecule has 0 spiro atoms. The van der Waals surface area contributed by atoms with Gasteiger partial charge in [0, 0.05) is 12.8 Å². The van der Waals surface area contributed by atoms with Crippen LogP contribution in [0.25, 0.3) is 0 Å². The van der Waals surface area contributed by atoms with E-state index >= 15 is 0 Å². The Bertz CT molecular complexity index is 1190. The van der Waals surface area contributed by atoms with Crippen molar-refractivity contribution in [2.24, 2.45) is 5.92 Å². The number of carboxylic acids is 1. The number of nitrogens with one attached hydrogen (secondary N) is 2. The first kappa shape index (κ1) is 25.7. The summed E-state index contributed by atoms with van der Waals surface area (Å²) in [5.74, 6) is -3.85. The van der Waals surface area contributed by atoms with Crippen LogP contribution in [0.5, 0.6) is 0 Å². The minimum absolute atomic E-state index is 0.00746. The smallest absolute Gasteiger partial charge is 0.408 e. The normalized spacial score (nSPS) is 24.8. The zero-order chi connectivity index (χ0) is 26.7. The number of carbonyl (C=O) groups is 5. The summed E-state index contributed by atoms with van der Waals surface area (Å²) >= 11 is 0. The van der Waals surface area contributed by atoms with Crippen LogP contribution >= 0.6 is 0 Å². The van der Waals surface area contributed by atoms with Gasteiger partial charge in [0.15, 0.2) is 0 Å². The van der Waals surface area contributed by atoms with Crippen molar-refractivity contribution in [3.05, 3.63) is 71.8 Å². The van der Waals surface area contributed by atoms with Crippen LogP contribution in [0.3, 0.4) is 0 Å². The highest BCUT2D eigenvalue weighted by atomic mass is 16.6. The largest absolute Gasteiger partial charge is 0.480 e. The number of benzene rings is 2. The number of nitrogens with zero attached hydrogens (tertiary/aromatic N) is 1. The molecule has 2 fully saturated rings. The Morgan fingerprint density at radius 2 is 1.65 bits per heavy atom. The van der Waals surface area contributed by atoms with Crippen LogP contribution in [0.15, 0.2) is 60.7 Å². The average Bonchev–Trinajstić information content (AvgIpc) is 3.13. The third kappa shape index (κ3) is 5.25. The predicted octanol–water partition coefficient (Wildman–Crippen LogP) is 1.38. The second kappa shape index (κ2) is 10.7. The Hall–Kier alpha value is -4.41. The fourth-order valence-electron chi connectivity index (χ4n) is 4.87. The molecule has 11 nitrogen and oxygen atoms in total. The van der Waals surface area contributed by atoms with Crippen molar-refractivity contribution in [2.75, 3.05) is 0 Å². The van der Waals surface area contributed by atoms with Gasteiger partial charge in [0.25, 0.3) is 0 Å². The minimum atomic E-state index is -1.23. The number of β-lactam (4-membered cyclic amide) rings is 1. The first-order valence-electron chi connectivity index (χ1n) is 11.7. The third-order valence-corrected chi connectivity index (χ3v) is 6.56. The lowest BCUT2D eigenvalue weighted by Gasteiger charge is -2.45. The highest BCUT2D eigenvalue weighted by Crippen LogP contribution is 2.41. The number of aliphatic carboxylic acids is 1. The first-order chi connectivity index (χ1) is 17.7. The van der Waals surface area contributed by atoms with Crippen molar-refractivity contribution in [2.45, 2.75) is 50.7 Å². The molecule has 194 valence electrons. The van der Waals surface area contributed by atoms with E-state index in [9.17, 15) is 29.1 Å². The second-order valence-corrected chi connectivity index (χ2v) is 8.99. The van der Waals surface area contributed by atoms with Crippen molar-refractivity contribution in [1.82, 2.24) is 15.5 Å². The maximum atomic E-state index is 13.3. The molecule has 3 N–H and O–H groups in total. The molecule has 2 aromatic carbocycles. The summed E-state index contributed by atoms with van der Waals surface area (Å²) in [5, 5.41) is 14.8. The Labute approximate surface area is 212 Å². The lowest BCUT2D eigenvalue weighted by Crippen LogP contribution is -2.73. The molecular weight excluding hydrogens is 482 g/mol. The van der Waals surface area contributed by atoms with Gasteiger partial charge in [-0.25, -0.2) is 9.59 Å². The summed E-state index contributed by atoms with van der Waals surface area (Å²) in [6, 6.07) is 13.0. The van der Waals surface area contributed by atoms with Crippen LogP contribution in [-0.2, 0) is 35.3 Å². The number of ether oxygens (including phenoxy) is 2. The molecular formula is C26H27N3O8. The molecule has 0 saturated carbocycles. The number of carbonyl (C=O) groups excluding carboxylic acids is 4. The Kier molecular flexibility index (Phi) is 7.42. The highest BCUT2D eigenvalue weighted by Gasteiger charge is 2.65. The molecule has 0 aromatic heterocycles. The standard InChI is InChI=1S/C26H27N3O8/c1-14-20(25(33)34)29-21(22(14)37-15(2)30)19(24(29)32)27-23(31)18(17-11-7-4-8-12-17)28-26(35)36-13-16-9-5-3-6-10-16/h3-12,14,18-22H,13H2,1-2H3,(H,27,31)(H,28,35)(H,33,34)/t14?,18?,19?,20?,21-,22?/m0/s1. The van der Waals surface area contributed by atoms with Crippen LogP contribution < -0.4 is 10.6 Å². The van der Waals surface area contributed by atoms with Crippen LogP contribution in [0.1, 0.15) is 31.0 Å². The first-order valence-corrected chi connectivity index (χ1v) is 11.7. The fraction of sp³-hybridized carbons (Fsp3) is 0.346. The van der Waals surface area contributed by atoms with Gasteiger partial charge in [-0.3, -0.25) is 14.4 Å². The molecule has 0 bridgehead atoms. The lowest BCUT2D eigenvalue weighted by atomic mass is 9.91. The molecule has 11 heteroatoms. The van der Waals surface area contributed by atoms with Gasteiger partial charge in [0.1, 0.15) is 30.8 Å². The topological polar surface area (TPSA) is 151 Å². The number of rotatable bonds is 8. The predicted molar refractivity (Wildman–Crippen MR) is 128 cm³/mol. The quantitative estimate of drug-likeness (QED) is 0.357. The Balaban J connectivity index is 1.50. The number of carboxylic acid groups (broad SMARTS) is 1. The van der Waals surface area contributed by atoms with E-state index in [0.29, 0.717) is 5.56 Å². The molecule has 2 aromatic rings. The highest BCUT2D eigenvalue weighted by molar-refractivity contribution is 5.99. The van der Waals surface area contributed by atoms with E-state index in [-0.39, 0.29) is 6.61 Å². The number of alkyl carbamates (subject to hydrolysis) is 1. The Morgan fingerprint density at radius 1 is 1.03 bits per heavy atom. The van der Waals surface area contributed by atoms with E-state index < -0.39 is 66.0 Å². The SMILES string of the molecule is CC(=O)OC1C(C)C(C(=O)O)N2C(=O)C(NC(=O)C(NC(=O)OCc3ccccc3)c3ccccc3)[C@@H]12. The van der Waals surface area contributed by atoms with Crippen LogP contribution in [0.2, 0.25) is 0 Å². The maximum absolute atomic E-state index is 13.3.